The van der Waals surface area contributed by atoms with Crippen molar-refractivity contribution in [1.29, 1.82) is 0 Å². The number of nitrogens with zero attached hydrogens (tertiary/aromatic N) is 2. The molecule has 5 nitrogen and oxygen atoms in total. The minimum absolute atomic E-state index is 0.227. The third-order valence-electron chi connectivity index (χ3n) is 4.84. The van der Waals surface area contributed by atoms with Crippen molar-refractivity contribution in [1.82, 2.24) is 9.80 Å². The molecular weight excluding hydrogens is 304 g/mol. The quantitative estimate of drug-likeness (QED) is 0.644. The molecule has 6 heteroatoms. The van der Waals surface area contributed by atoms with E-state index >= 15 is 0 Å². The molecule has 0 N–H and O–H groups in total. The standard InChI is InChI=1S/C16H17ClN2O3/c1-9-7-10-11(5-4-6-12(10)17)16(8-9)13(20)18(2)15(22)19(3)14(16)21/h6-7,11H,1,4-5,8H2,2-3H3. The summed E-state index contributed by atoms with van der Waals surface area (Å²) >= 11 is 6.29. The number of allylic oxidation sites excluding steroid dienone is 5. The van der Waals surface area contributed by atoms with E-state index in [4.69, 9.17) is 11.6 Å². The van der Waals surface area contributed by atoms with Gasteiger partial charge in [-0.15, -0.1) is 0 Å². The monoisotopic (exact) mass is 320 g/mol. The zero-order valence-corrected chi connectivity index (χ0v) is 13.3. The fourth-order valence-corrected chi connectivity index (χ4v) is 4.08. The summed E-state index contributed by atoms with van der Waals surface area (Å²) in [6, 6.07) is -0.597. The zero-order valence-electron chi connectivity index (χ0n) is 12.6. The maximum Gasteiger partial charge on any atom is 0.332 e. The van der Waals surface area contributed by atoms with Crippen molar-refractivity contribution in [3.8, 4) is 0 Å². The summed E-state index contributed by atoms with van der Waals surface area (Å²) in [5, 5.41) is 0.569. The molecule has 0 radical (unpaired) electrons. The predicted octanol–water partition coefficient (Wildman–Crippen LogP) is 2.44. The van der Waals surface area contributed by atoms with Crippen LogP contribution in [0.2, 0.25) is 0 Å². The van der Waals surface area contributed by atoms with Crippen molar-refractivity contribution < 1.29 is 14.4 Å². The lowest BCUT2D eigenvalue weighted by atomic mass is 9.60. The molecule has 3 rings (SSSR count). The van der Waals surface area contributed by atoms with Gasteiger partial charge in [-0.05, 0) is 24.8 Å². The van der Waals surface area contributed by atoms with Gasteiger partial charge in [-0.2, -0.15) is 0 Å². The Morgan fingerprint density at radius 2 is 1.82 bits per heavy atom. The Bertz CT molecular complexity index is 653. The van der Waals surface area contributed by atoms with E-state index in [0.717, 1.165) is 15.4 Å². The summed E-state index contributed by atoms with van der Waals surface area (Å²) in [5.41, 5.74) is 0.159. The van der Waals surface area contributed by atoms with E-state index in [-0.39, 0.29) is 12.3 Å². The van der Waals surface area contributed by atoms with Crippen molar-refractivity contribution in [2.45, 2.75) is 19.3 Å². The molecular formula is C16H17ClN2O3. The van der Waals surface area contributed by atoms with Gasteiger partial charge < -0.3 is 0 Å². The Labute approximate surface area is 133 Å². The molecule has 116 valence electrons. The van der Waals surface area contributed by atoms with Crippen molar-refractivity contribution in [3.05, 3.63) is 34.9 Å². The van der Waals surface area contributed by atoms with Gasteiger partial charge in [0, 0.05) is 25.0 Å². The molecule has 1 atom stereocenters. The maximum absolute atomic E-state index is 12.9. The largest absolute Gasteiger partial charge is 0.332 e. The van der Waals surface area contributed by atoms with Crippen LogP contribution in [0.15, 0.2) is 34.9 Å². The lowest BCUT2D eigenvalue weighted by Gasteiger charge is -2.49. The lowest BCUT2D eigenvalue weighted by Crippen LogP contribution is -2.66. The van der Waals surface area contributed by atoms with Crippen LogP contribution in [-0.2, 0) is 9.59 Å². The van der Waals surface area contributed by atoms with E-state index in [1.54, 1.807) is 0 Å². The van der Waals surface area contributed by atoms with Gasteiger partial charge in [0.15, 0.2) is 0 Å². The van der Waals surface area contributed by atoms with Crippen LogP contribution < -0.4 is 0 Å². The minimum atomic E-state index is -1.30. The number of barbiturate groups is 1. The van der Waals surface area contributed by atoms with Crippen molar-refractivity contribution >= 4 is 29.4 Å². The maximum atomic E-state index is 12.9. The molecule has 0 saturated carbocycles. The Morgan fingerprint density at radius 1 is 1.23 bits per heavy atom. The van der Waals surface area contributed by atoms with Crippen LogP contribution in [0.25, 0.3) is 0 Å². The summed E-state index contributed by atoms with van der Waals surface area (Å²) in [7, 11) is 2.83. The van der Waals surface area contributed by atoms with Crippen LogP contribution >= 0.6 is 11.6 Å². The Balaban J connectivity index is 2.20. The highest BCUT2D eigenvalue weighted by Gasteiger charge is 2.61. The second kappa shape index (κ2) is 4.81. The number of carbonyl (C=O) groups excluding carboxylic acids is 3. The zero-order chi connectivity index (χ0) is 16.2. The smallest absolute Gasteiger partial charge is 0.273 e. The first-order chi connectivity index (χ1) is 10.3. The minimum Gasteiger partial charge on any atom is -0.273 e. The second-order valence-corrected chi connectivity index (χ2v) is 6.51. The van der Waals surface area contributed by atoms with Gasteiger partial charge in [-0.3, -0.25) is 19.4 Å². The van der Waals surface area contributed by atoms with Crippen molar-refractivity contribution in [3.63, 3.8) is 0 Å². The van der Waals surface area contributed by atoms with Gasteiger partial charge in [0.05, 0.1) is 0 Å². The molecule has 1 heterocycles. The van der Waals surface area contributed by atoms with E-state index in [1.807, 2.05) is 12.2 Å². The highest BCUT2D eigenvalue weighted by molar-refractivity contribution is 6.32. The first-order valence-electron chi connectivity index (χ1n) is 7.16. The molecule has 2 aliphatic carbocycles. The normalized spacial score (nSPS) is 27.9. The van der Waals surface area contributed by atoms with Crippen LogP contribution in [0.1, 0.15) is 19.3 Å². The Hall–Kier alpha value is -1.88. The summed E-state index contributed by atoms with van der Waals surface area (Å²) < 4.78 is 0. The van der Waals surface area contributed by atoms with Gasteiger partial charge in [-0.1, -0.05) is 35.9 Å². The van der Waals surface area contributed by atoms with E-state index in [0.29, 0.717) is 23.4 Å². The number of carbonyl (C=O) groups is 3. The van der Waals surface area contributed by atoms with Gasteiger partial charge in [0.1, 0.15) is 5.41 Å². The third-order valence-corrected chi connectivity index (χ3v) is 5.21. The van der Waals surface area contributed by atoms with Crippen LogP contribution in [0.5, 0.6) is 0 Å². The molecule has 0 aromatic carbocycles. The number of halogens is 1. The SMILES string of the molecule is C=C1C=C2C(Cl)=CCCC2C2(C1)C(=O)N(C)C(=O)N(C)C2=O. The van der Waals surface area contributed by atoms with Gasteiger partial charge in [0.25, 0.3) is 0 Å². The van der Waals surface area contributed by atoms with Crippen molar-refractivity contribution in [2.75, 3.05) is 14.1 Å². The van der Waals surface area contributed by atoms with Crippen LogP contribution in [0, 0.1) is 11.3 Å². The van der Waals surface area contributed by atoms with Gasteiger partial charge in [0.2, 0.25) is 11.8 Å². The molecule has 1 unspecified atom stereocenters. The molecule has 0 aromatic heterocycles. The average Bonchev–Trinajstić information content (AvgIpc) is 2.50. The molecule has 1 aliphatic heterocycles. The summed E-state index contributed by atoms with van der Waals surface area (Å²) in [4.78, 5) is 39.9. The predicted molar refractivity (Wildman–Crippen MR) is 81.9 cm³/mol. The number of amides is 4. The molecule has 4 amide bonds. The van der Waals surface area contributed by atoms with Crippen LogP contribution in [0.4, 0.5) is 4.79 Å². The second-order valence-electron chi connectivity index (χ2n) is 6.10. The number of hydrogen-bond acceptors (Lipinski definition) is 3. The van der Waals surface area contributed by atoms with Gasteiger partial charge in [-0.25, -0.2) is 4.79 Å². The highest BCUT2D eigenvalue weighted by atomic mass is 35.5. The number of fused-ring (bicyclic) bond motifs is 2. The third kappa shape index (κ3) is 1.75. The van der Waals surface area contributed by atoms with E-state index < -0.39 is 23.3 Å². The average molecular weight is 321 g/mol. The number of rotatable bonds is 0. The fraction of sp³-hybridized carbons (Fsp3) is 0.438. The van der Waals surface area contributed by atoms with E-state index in [2.05, 4.69) is 6.58 Å². The topological polar surface area (TPSA) is 57.7 Å². The number of imide groups is 2. The molecule has 1 saturated heterocycles. The van der Waals surface area contributed by atoms with Crippen LogP contribution in [-0.4, -0.2) is 41.7 Å². The molecule has 0 bridgehead atoms. The molecule has 1 spiro atoms. The van der Waals surface area contributed by atoms with E-state index in [1.165, 1.54) is 14.1 Å². The number of hydrogen-bond donors (Lipinski definition) is 0. The lowest BCUT2D eigenvalue weighted by molar-refractivity contribution is -0.161. The fourth-order valence-electron chi connectivity index (χ4n) is 3.79. The Kier molecular flexibility index (Phi) is 3.29. The summed E-state index contributed by atoms with van der Waals surface area (Å²) in [5.74, 6) is -1.22. The first kappa shape index (κ1) is 15.0. The Morgan fingerprint density at radius 3 is 2.41 bits per heavy atom. The summed E-state index contributed by atoms with van der Waals surface area (Å²) in [6.45, 7) is 3.94. The van der Waals surface area contributed by atoms with Crippen molar-refractivity contribution in [2.24, 2.45) is 11.3 Å². The molecule has 22 heavy (non-hydrogen) atoms. The van der Waals surface area contributed by atoms with Crippen LogP contribution in [0.3, 0.4) is 0 Å². The highest BCUT2D eigenvalue weighted by Crippen LogP contribution is 2.53. The number of urea groups is 1. The summed E-state index contributed by atoms with van der Waals surface area (Å²) in [6.07, 6.45) is 5.35. The molecule has 3 aliphatic rings. The first-order valence-corrected chi connectivity index (χ1v) is 7.54. The van der Waals surface area contributed by atoms with E-state index in [9.17, 15) is 14.4 Å². The molecule has 0 aromatic rings. The molecule has 1 fully saturated rings. The van der Waals surface area contributed by atoms with Gasteiger partial charge >= 0.3 is 6.03 Å².